The second kappa shape index (κ2) is 7.23. The molecule has 1 aliphatic heterocycles. The maximum atomic E-state index is 11.5. The van der Waals surface area contributed by atoms with Crippen LogP contribution in [-0.4, -0.2) is 47.0 Å². The third kappa shape index (κ3) is 4.19. The molecule has 1 saturated heterocycles. The van der Waals surface area contributed by atoms with E-state index in [1.54, 1.807) is 0 Å². The summed E-state index contributed by atoms with van der Waals surface area (Å²) < 4.78 is 0. The minimum Gasteiger partial charge on any atom is -0.355 e. The van der Waals surface area contributed by atoms with E-state index in [1.807, 2.05) is 6.92 Å². The molecule has 1 aromatic heterocycles. The highest BCUT2D eigenvalue weighted by Gasteiger charge is 2.17. The van der Waals surface area contributed by atoms with E-state index < -0.39 is 0 Å². The molecule has 0 atom stereocenters. The summed E-state index contributed by atoms with van der Waals surface area (Å²) in [5.74, 6) is 0.809. The van der Waals surface area contributed by atoms with Crippen molar-refractivity contribution in [2.45, 2.75) is 26.2 Å². The fraction of sp³-hybridized carbons (Fsp3) is 0.667. The van der Waals surface area contributed by atoms with Crippen LogP contribution in [0.5, 0.6) is 0 Å². The zero-order valence-electron chi connectivity index (χ0n) is 11.5. The maximum absolute atomic E-state index is 11.5. The van der Waals surface area contributed by atoms with Gasteiger partial charge in [-0.2, -0.15) is 15.0 Å². The lowest BCUT2D eigenvalue weighted by atomic mass is 10.4. The van der Waals surface area contributed by atoms with Crippen LogP contribution >= 0.6 is 11.6 Å². The average Bonchev–Trinajstić information content (AvgIpc) is 2.96. The van der Waals surface area contributed by atoms with E-state index in [0.29, 0.717) is 18.4 Å². The summed E-state index contributed by atoms with van der Waals surface area (Å²) in [5, 5.41) is 5.78. The normalized spacial score (nSPS) is 14.4. The molecule has 1 fully saturated rings. The molecule has 2 rings (SSSR count). The number of nitrogens with zero attached hydrogens (tertiary/aromatic N) is 4. The summed E-state index contributed by atoms with van der Waals surface area (Å²) in [6, 6.07) is 0. The number of carbonyl (C=O) groups excluding carboxylic acids is 1. The van der Waals surface area contributed by atoms with Gasteiger partial charge in [-0.3, -0.25) is 4.79 Å². The third-order valence-corrected chi connectivity index (χ3v) is 3.13. The van der Waals surface area contributed by atoms with Gasteiger partial charge < -0.3 is 15.5 Å². The average molecular weight is 299 g/mol. The van der Waals surface area contributed by atoms with Gasteiger partial charge in [0.05, 0.1) is 6.54 Å². The Morgan fingerprint density at radius 1 is 1.30 bits per heavy atom. The SMILES string of the molecule is CCCNC(=O)CNc1nc(Cl)nc(N2CCCC2)n1. The molecule has 0 unspecified atom stereocenters. The Morgan fingerprint density at radius 2 is 2.05 bits per heavy atom. The summed E-state index contributed by atoms with van der Waals surface area (Å²) in [6.45, 7) is 4.65. The van der Waals surface area contributed by atoms with Gasteiger partial charge in [0.2, 0.25) is 23.1 Å². The molecule has 110 valence electrons. The standard InChI is InChI=1S/C12H19ClN6O/c1-2-5-14-9(20)8-15-11-16-10(13)17-12(18-11)19-6-3-4-7-19/h2-8H2,1H3,(H,14,20)(H,15,16,17,18). The highest BCUT2D eigenvalue weighted by atomic mass is 35.5. The minimum absolute atomic E-state index is 0.0916. The van der Waals surface area contributed by atoms with E-state index in [4.69, 9.17) is 11.6 Å². The first kappa shape index (κ1) is 14.8. The van der Waals surface area contributed by atoms with Gasteiger partial charge in [0.1, 0.15) is 0 Å². The summed E-state index contributed by atoms with van der Waals surface area (Å²) in [7, 11) is 0. The molecular formula is C12H19ClN6O. The summed E-state index contributed by atoms with van der Waals surface area (Å²) in [4.78, 5) is 26.0. The molecule has 20 heavy (non-hydrogen) atoms. The van der Waals surface area contributed by atoms with E-state index in [1.165, 1.54) is 0 Å². The number of nitrogens with one attached hydrogen (secondary N) is 2. The van der Waals surface area contributed by atoms with Gasteiger partial charge in [-0.25, -0.2) is 0 Å². The Labute approximate surface area is 123 Å². The second-order valence-corrected chi connectivity index (χ2v) is 4.96. The molecule has 1 aromatic rings. The van der Waals surface area contributed by atoms with Crippen molar-refractivity contribution in [3.8, 4) is 0 Å². The van der Waals surface area contributed by atoms with Gasteiger partial charge >= 0.3 is 0 Å². The van der Waals surface area contributed by atoms with Crippen molar-refractivity contribution in [2.75, 3.05) is 36.4 Å². The van der Waals surface area contributed by atoms with Crippen molar-refractivity contribution >= 4 is 29.4 Å². The molecule has 2 N–H and O–H groups in total. The first-order chi connectivity index (χ1) is 9.69. The number of halogens is 1. The predicted molar refractivity (Wildman–Crippen MR) is 78.1 cm³/mol. The quantitative estimate of drug-likeness (QED) is 0.817. The molecule has 0 aliphatic carbocycles. The van der Waals surface area contributed by atoms with Crippen LogP contribution in [0.25, 0.3) is 0 Å². The molecule has 0 bridgehead atoms. The molecule has 0 saturated carbocycles. The van der Waals surface area contributed by atoms with Gasteiger partial charge in [0.25, 0.3) is 0 Å². The Balaban J connectivity index is 1.95. The second-order valence-electron chi connectivity index (χ2n) is 4.63. The van der Waals surface area contributed by atoms with Gasteiger partial charge in [-0.15, -0.1) is 0 Å². The number of hydrogen-bond acceptors (Lipinski definition) is 6. The van der Waals surface area contributed by atoms with Crippen LogP contribution in [0.1, 0.15) is 26.2 Å². The summed E-state index contributed by atoms with van der Waals surface area (Å²) in [5.41, 5.74) is 0. The zero-order chi connectivity index (χ0) is 14.4. The van der Waals surface area contributed by atoms with Crippen molar-refractivity contribution in [1.82, 2.24) is 20.3 Å². The van der Waals surface area contributed by atoms with Crippen molar-refractivity contribution in [3.63, 3.8) is 0 Å². The molecular weight excluding hydrogens is 280 g/mol. The van der Waals surface area contributed by atoms with E-state index >= 15 is 0 Å². The van der Waals surface area contributed by atoms with Gasteiger partial charge in [0.15, 0.2) is 0 Å². The van der Waals surface area contributed by atoms with Crippen molar-refractivity contribution in [2.24, 2.45) is 0 Å². The Hall–Kier alpha value is -1.63. The molecule has 0 radical (unpaired) electrons. The zero-order valence-corrected chi connectivity index (χ0v) is 12.3. The molecule has 0 aromatic carbocycles. The topological polar surface area (TPSA) is 83.0 Å². The number of amides is 1. The van der Waals surface area contributed by atoms with Gasteiger partial charge in [-0.05, 0) is 30.9 Å². The van der Waals surface area contributed by atoms with Crippen molar-refractivity contribution in [1.29, 1.82) is 0 Å². The monoisotopic (exact) mass is 298 g/mol. The smallest absolute Gasteiger partial charge is 0.239 e. The fourth-order valence-corrected chi connectivity index (χ4v) is 2.12. The summed E-state index contributed by atoms with van der Waals surface area (Å²) in [6.07, 6.45) is 3.17. The van der Waals surface area contributed by atoms with E-state index in [9.17, 15) is 4.79 Å². The number of hydrogen-bond donors (Lipinski definition) is 2. The van der Waals surface area contributed by atoms with Crippen LogP contribution in [0.15, 0.2) is 0 Å². The van der Waals surface area contributed by atoms with E-state index in [-0.39, 0.29) is 17.7 Å². The Bertz CT molecular complexity index is 463. The van der Waals surface area contributed by atoms with Crippen molar-refractivity contribution < 1.29 is 4.79 Å². The van der Waals surface area contributed by atoms with Crippen LogP contribution in [0.2, 0.25) is 5.28 Å². The molecule has 7 nitrogen and oxygen atoms in total. The lowest BCUT2D eigenvalue weighted by Gasteiger charge is -2.15. The van der Waals surface area contributed by atoms with Crippen molar-refractivity contribution in [3.05, 3.63) is 5.28 Å². The number of anilines is 2. The minimum atomic E-state index is -0.0916. The molecule has 1 aliphatic rings. The van der Waals surface area contributed by atoms with E-state index in [2.05, 4.69) is 30.5 Å². The fourth-order valence-electron chi connectivity index (χ4n) is 1.96. The van der Waals surface area contributed by atoms with Crippen LogP contribution in [-0.2, 0) is 4.79 Å². The van der Waals surface area contributed by atoms with Gasteiger partial charge in [-0.1, -0.05) is 6.92 Å². The third-order valence-electron chi connectivity index (χ3n) is 2.96. The first-order valence-electron chi connectivity index (χ1n) is 6.86. The highest BCUT2D eigenvalue weighted by Crippen LogP contribution is 2.18. The maximum Gasteiger partial charge on any atom is 0.239 e. The first-order valence-corrected chi connectivity index (χ1v) is 7.24. The molecule has 2 heterocycles. The Kier molecular flexibility index (Phi) is 5.34. The molecule has 0 spiro atoms. The number of carbonyl (C=O) groups is 1. The lowest BCUT2D eigenvalue weighted by molar-refractivity contribution is -0.119. The largest absolute Gasteiger partial charge is 0.355 e. The van der Waals surface area contributed by atoms with E-state index in [0.717, 1.165) is 32.4 Å². The van der Waals surface area contributed by atoms with Crippen LogP contribution in [0.3, 0.4) is 0 Å². The van der Waals surface area contributed by atoms with Crippen LogP contribution < -0.4 is 15.5 Å². The summed E-state index contributed by atoms with van der Waals surface area (Å²) >= 11 is 5.90. The van der Waals surface area contributed by atoms with Crippen LogP contribution in [0.4, 0.5) is 11.9 Å². The Morgan fingerprint density at radius 3 is 2.75 bits per heavy atom. The lowest BCUT2D eigenvalue weighted by Crippen LogP contribution is -2.31. The number of rotatable bonds is 6. The number of aromatic nitrogens is 3. The molecule has 1 amide bonds. The van der Waals surface area contributed by atoms with Gasteiger partial charge in [0, 0.05) is 19.6 Å². The van der Waals surface area contributed by atoms with Crippen LogP contribution in [0, 0.1) is 0 Å². The molecule has 8 heteroatoms. The predicted octanol–water partition coefficient (Wildman–Crippen LogP) is 1.06. The highest BCUT2D eigenvalue weighted by molar-refractivity contribution is 6.28.